The van der Waals surface area contributed by atoms with Crippen LogP contribution in [0.1, 0.15) is 30.1 Å². The van der Waals surface area contributed by atoms with Gasteiger partial charge in [-0.2, -0.15) is 0 Å². The molecule has 3 N–H and O–H groups in total. The van der Waals surface area contributed by atoms with Gasteiger partial charge in [-0.1, -0.05) is 13.3 Å². The van der Waals surface area contributed by atoms with Gasteiger partial charge in [0.25, 0.3) is 5.91 Å². The Bertz CT molecular complexity index is 414. The number of carbonyl (C=O) groups is 1. The number of H-pyrrole nitrogens is 1. The van der Waals surface area contributed by atoms with Gasteiger partial charge in [-0.25, -0.2) is 0 Å². The molecule has 17 heavy (non-hydrogen) atoms. The summed E-state index contributed by atoms with van der Waals surface area (Å²) in [6.45, 7) is 3.70. The zero-order valence-corrected chi connectivity index (χ0v) is 10.1. The Morgan fingerprint density at radius 1 is 1.47 bits per heavy atom. The van der Waals surface area contributed by atoms with E-state index in [1.807, 2.05) is 0 Å². The molecule has 0 radical (unpaired) electrons. The predicted molar refractivity (Wildman–Crippen MR) is 66.9 cm³/mol. The van der Waals surface area contributed by atoms with E-state index in [2.05, 4.69) is 11.9 Å². The zero-order chi connectivity index (χ0) is 12.7. The average Bonchev–Trinajstić information content (AvgIpc) is 2.33. The molecule has 0 aliphatic rings. The van der Waals surface area contributed by atoms with Gasteiger partial charge in [0.05, 0.1) is 0 Å². The van der Waals surface area contributed by atoms with Crippen LogP contribution in [0.2, 0.25) is 0 Å². The molecule has 1 aromatic rings. The standard InChI is InChI=1S/C12H19N3O2/c1-2-3-7-15(8-5-13)12(17)10-4-6-14-11(16)9-10/h4,6,9H,2-3,5,7-8,13H2,1H3,(H,14,16). The van der Waals surface area contributed by atoms with Gasteiger partial charge in [0.1, 0.15) is 0 Å². The van der Waals surface area contributed by atoms with Crippen LogP contribution in [0.15, 0.2) is 23.1 Å². The number of hydrogen-bond donors (Lipinski definition) is 2. The van der Waals surface area contributed by atoms with Crippen LogP contribution < -0.4 is 11.3 Å². The van der Waals surface area contributed by atoms with Gasteiger partial charge in [-0.05, 0) is 12.5 Å². The number of nitrogens with two attached hydrogens (primary N) is 1. The molecular formula is C12H19N3O2. The van der Waals surface area contributed by atoms with Crippen LogP contribution >= 0.6 is 0 Å². The molecule has 0 fully saturated rings. The largest absolute Gasteiger partial charge is 0.337 e. The highest BCUT2D eigenvalue weighted by Crippen LogP contribution is 2.03. The molecule has 5 nitrogen and oxygen atoms in total. The molecule has 0 atom stereocenters. The van der Waals surface area contributed by atoms with Gasteiger partial charge in [0, 0.05) is 37.5 Å². The first-order valence-electron chi connectivity index (χ1n) is 5.87. The molecule has 0 aliphatic heterocycles. The normalized spacial score (nSPS) is 10.2. The first kappa shape index (κ1) is 13.4. The van der Waals surface area contributed by atoms with Gasteiger partial charge in [0.2, 0.25) is 5.56 Å². The van der Waals surface area contributed by atoms with Crippen molar-refractivity contribution in [2.24, 2.45) is 5.73 Å². The third kappa shape index (κ3) is 4.03. The molecule has 1 rings (SSSR count). The van der Waals surface area contributed by atoms with E-state index in [9.17, 15) is 9.59 Å². The lowest BCUT2D eigenvalue weighted by molar-refractivity contribution is 0.0758. The maximum absolute atomic E-state index is 12.1. The molecule has 5 heteroatoms. The van der Waals surface area contributed by atoms with Gasteiger partial charge in [-0.3, -0.25) is 9.59 Å². The van der Waals surface area contributed by atoms with E-state index in [0.717, 1.165) is 12.8 Å². The lowest BCUT2D eigenvalue weighted by Gasteiger charge is -2.21. The summed E-state index contributed by atoms with van der Waals surface area (Å²) >= 11 is 0. The van der Waals surface area contributed by atoms with E-state index in [0.29, 0.717) is 25.2 Å². The molecule has 0 saturated carbocycles. The summed E-state index contributed by atoms with van der Waals surface area (Å²) in [4.78, 5) is 27.4. The molecular weight excluding hydrogens is 218 g/mol. The number of carbonyl (C=O) groups excluding carboxylic acids is 1. The van der Waals surface area contributed by atoms with Crippen molar-refractivity contribution in [1.82, 2.24) is 9.88 Å². The second-order valence-corrected chi connectivity index (χ2v) is 3.88. The van der Waals surface area contributed by atoms with Gasteiger partial charge in [-0.15, -0.1) is 0 Å². The number of aromatic amines is 1. The third-order valence-electron chi connectivity index (χ3n) is 2.49. The topological polar surface area (TPSA) is 79.2 Å². The number of nitrogens with one attached hydrogen (secondary N) is 1. The SMILES string of the molecule is CCCCN(CCN)C(=O)c1cc[nH]c(=O)c1. The van der Waals surface area contributed by atoms with Crippen molar-refractivity contribution in [3.63, 3.8) is 0 Å². The summed E-state index contributed by atoms with van der Waals surface area (Å²) in [5.74, 6) is -0.130. The van der Waals surface area contributed by atoms with Crippen LogP contribution in [0.5, 0.6) is 0 Å². The van der Waals surface area contributed by atoms with Crippen molar-refractivity contribution in [2.75, 3.05) is 19.6 Å². The molecule has 0 aromatic carbocycles. The van der Waals surface area contributed by atoms with Crippen molar-refractivity contribution < 1.29 is 4.79 Å². The van der Waals surface area contributed by atoms with E-state index in [1.165, 1.54) is 12.3 Å². The molecule has 0 bridgehead atoms. The van der Waals surface area contributed by atoms with Crippen LogP contribution in [0, 0.1) is 0 Å². The maximum Gasteiger partial charge on any atom is 0.254 e. The minimum absolute atomic E-state index is 0.130. The van der Waals surface area contributed by atoms with Gasteiger partial charge >= 0.3 is 0 Å². The minimum Gasteiger partial charge on any atom is -0.337 e. The van der Waals surface area contributed by atoms with Gasteiger partial charge in [0.15, 0.2) is 0 Å². The highest BCUT2D eigenvalue weighted by Gasteiger charge is 2.14. The van der Waals surface area contributed by atoms with Crippen molar-refractivity contribution in [3.05, 3.63) is 34.2 Å². The molecule has 0 unspecified atom stereocenters. The fraction of sp³-hybridized carbons (Fsp3) is 0.500. The Hall–Kier alpha value is -1.62. The Morgan fingerprint density at radius 2 is 2.24 bits per heavy atom. The highest BCUT2D eigenvalue weighted by molar-refractivity contribution is 5.94. The van der Waals surface area contributed by atoms with Crippen LogP contribution in [0.4, 0.5) is 0 Å². The molecule has 0 aliphatic carbocycles. The Kier molecular flexibility index (Phi) is 5.42. The summed E-state index contributed by atoms with van der Waals surface area (Å²) in [6.07, 6.45) is 3.44. The molecule has 94 valence electrons. The second kappa shape index (κ2) is 6.85. The Morgan fingerprint density at radius 3 is 2.82 bits per heavy atom. The summed E-state index contributed by atoms with van der Waals surface area (Å²) in [5, 5.41) is 0. The first-order chi connectivity index (χ1) is 8.19. The fourth-order valence-electron chi connectivity index (χ4n) is 1.58. The first-order valence-corrected chi connectivity index (χ1v) is 5.87. The smallest absolute Gasteiger partial charge is 0.254 e. The Balaban J connectivity index is 2.79. The number of rotatable bonds is 6. The van der Waals surface area contributed by atoms with Crippen LogP contribution in [-0.4, -0.2) is 35.4 Å². The number of hydrogen-bond acceptors (Lipinski definition) is 3. The number of nitrogens with zero attached hydrogens (tertiary/aromatic N) is 1. The Labute approximate surface area is 101 Å². The van der Waals surface area contributed by atoms with Crippen LogP contribution in [-0.2, 0) is 0 Å². The third-order valence-corrected chi connectivity index (χ3v) is 2.49. The summed E-state index contributed by atoms with van der Waals surface area (Å²) in [5.41, 5.74) is 5.64. The molecule has 1 heterocycles. The molecule has 0 spiro atoms. The van der Waals surface area contributed by atoms with E-state index in [4.69, 9.17) is 5.73 Å². The lowest BCUT2D eigenvalue weighted by Crippen LogP contribution is -2.36. The van der Waals surface area contributed by atoms with Gasteiger partial charge < -0.3 is 15.6 Å². The minimum atomic E-state index is -0.265. The quantitative estimate of drug-likeness (QED) is 0.759. The monoisotopic (exact) mass is 237 g/mol. The van der Waals surface area contributed by atoms with Crippen molar-refractivity contribution in [1.29, 1.82) is 0 Å². The summed E-state index contributed by atoms with van der Waals surface area (Å²) in [6, 6.07) is 2.93. The van der Waals surface area contributed by atoms with Crippen molar-refractivity contribution in [2.45, 2.75) is 19.8 Å². The lowest BCUT2D eigenvalue weighted by atomic mass is 10.2. The van der Waals surface area contributed by atoms with E-state index >= 15 is 0 Å². The fourth-order valence-corrected chi connectivity index (χ4v) is 1.58. The summed E-state index contributed by atoms with van der Waals surface area (Å²) < 4.78 is 0. The average molecular weight is 237 g/mol. The second-order valence-electron chi connectivity index (χ2n) is 3.88. The maximum atomic E-state index is 12.1. The number of amides is 1. The predicted octanol–water partition coefficient (Wildman–Crippen LogP) is 0.576. The zero-order valence-electron chi connectivity index (χ0n) is 10.1. The number of aromatic nitrogens is 1. The molecule has 0 saturated heterocycles. The number of pyridine rings is 1. The molecule has 1 amide bonds. The summed E-state index contributed by atoms with van der Waals surface area (Å²) in [7, 11) is 0. The van der Waals surface area contributed by atoms with E-state index in [1.54, 1.807) is 11.0 Å². The van der Waals surface area contributed by atoms with Crippen molar-refractivity contribution in [3.8, 4) is 0 Å². The van der Waals surface area contributed by atoms with E-state index < -0.39 is 0 Å². The molecule has 1 aromatic heterocycles. The van der Waals surface area contributed by atoms with Crippen LogP contribution in [0.3, 0.4) is 0 Å². The highest BCUT2D eigenvalue weighted by atomic mass is 16.2. The number of unbranched alkanes of at least 4 members (excludes halogenated alkanes) is 1. The van der Waals surface area contributed by atoms with Crippen LogP contribution in [0.25, 0.3) is 0 Å². The van der Waals surface area contributed by atoms with E-state index in [-0.39, 0.29) is 11.5 Å². The van der Waals surface area contributed by atoms with Crippen molar-refractivity contribution >= 4 is 5.91 Å².